The Morgan fingerprint density at radius 3 is 2.45 bits per heavy atom. The lowest BCUT2D eigenvalue weighted by Crippen LogP contribution is -2.09. The van der Waals surface area contributed by atoms with Crippen molar-refractivity contribution in [1.29, 1.82) is 0 Å². The van der Waals surface area contributed by atoms with Crippen LogP contribution >= 0.6 is 0 Å². The highest BCUT2D eigenvalue weighted by molar-refractivity contribution is 6.09. The van der Waals surface area contributed by atoms with E-state index < -0.39 is 0 Å². The van der Waals surface area contributed by atoms with Gasteiger partial charge < -0.3 is 0 Å². The van der Waals surface area contributed by atoms with Crippen molar-refractivity contribution in [3.63, 3.8) is 0 Å². The zero-order chi connectivity index (χ0) is 20.5. The summed E-state index contributed by atoms with van der Waals surface area (Å²) in [4.78, 5) is 13.9. The van der Waals surface area contributed by atoms with Crippen LogP contribution < -0.4 is 0 Å². The van der Waals surface area contributed by atoms with Gasteiger partial charge in [-0.25, -0.2) is 4.98 Å². The van der Waals surface area contributed by atoms with Crippen LogP contribution in [-0.2, 0) is 0 Å². The minimum Gasteiger partial charge on any atom is -0.281 e. The standard InChI is InChI=1S/C25H22N4/c1-6-11-18(7-2)24-26-17(5)27-25(28-24)29-16(4)20(8-3)22-15-14-19-12-9-10-13-21(19)23(22)29/h6-15H,1-3H2,4-5H3/b18-11+. The van der Waals surface area contributed by atoms with Gasteiger partial charge in [-0.3, -0.25) is 4.57 Å². The highest BCUT2D eigenvalue weighted by atomic mass is 15.2. The Hall–Kier alpha value is -3.79. The van der Waals surface area contributed by atoms with E-state index in [0.29, 0.717) is 17.6 Å². The first-order chi connectivity index (χ1) is 14.1. The van der Waals surface area contributed by atoms with E-state index in [1.807, 2.05) is 25.1 Å². The van der Waals surface area contributed by atoms with E-state index in [1.54, 1.807) is 12.2 Å². The molecular weight excluding hydrogens is 356 g/mol. The second-order valence-corrected chi connectivity index (χ2v) is 6.79. The van der Waals surface area contributed by atoms with Crippen molar-refractivity contribution in [1.82, 2.24) is 19.5 Å². The predicted octanol–water partition coefficient (Wildman–Crippen LogP) is 5.98. The number of fused-ring (bicyclic) bond motifs is 3. The zero-order valence-corrected chi connectivity index (χ0v) is 16.7. The molecule has 0 unspecified atom stereocenters. The van der Waals surface area contributed by atoms with Crippen molar-refractivity contribution in [2.75, 3.05) is 0 Å². The number of rotatable bonds is 5. The van der Waals surface area contributed by atoms with Crippen LogP contribution in [0, 0.1) is 13.8 Å². The third kappa shape index (κ3) is 2.99. The molecule has 0 radical (unpaired) electrons. The second-order valence-electron chi connectivity index (χ2n) is 6.79. The van der Waals surface area contributed by atoms with Gasteiger partial charge in [0.1, 0.15) is 5.82 Å². The Bertz CT molecular complexity index is 1320. The monoisotopic (exact) mass is 378 g/mol. The largest absolute Gasteiger partial charge is 0.281 e. The molecule has 4 rings (SSSR count). The number of aryl methyl sites for hydroxylation is 1. The van der Waals surface area contributed by atoms with E-state index >= 15 is 0 Å². The Kier molecular flexibility index (Phi) is 4.69. The van der Waals surface area contributed by atoms with Crippen LogP contribution in [0.2, 0.25) is 0 Å². The van der Waals surface area contributed by atoms with Crippen LogP contribution in [0.4, 0.5) is 0 Å². The molecule has 0 atom stereocenters. The third-order valence-corrected chi connectivity index (χ3v) is 5.05. The second kappa shape index (κ2) is 7.32. The summed E-state index contributed by atoms with van der Waals surface area (Å²) in [5.74, 6) is 1.80. The summed E-state index contributed by atoms with van der Waals surface area (Å²) in [5.41, 5.74) is 3.99. The molecule has 0 saturated carbocycles. The molecular formula is C25H22N4. The first-order valence-corrected chi connectivity index (χ1v) is 9.42. The van der Waals surface area contributed by atoms with Gasteiger partial charge in [0.05, 0.1) is 5.52 Å². The number of allylic oxidation sites excluding steroid dienone is 4. The Balaban J connectivity index is 2.13. The summed E-state index contributed by atoms with van der Waals surface area (Å²) in [6, 6.07) is 12.6. The van der Waals surface area contributed by atoms with Crippen LogP contribution in [0.3, 0.4) is 0 Å². The fourth-order valence-electron chi connectivity index (χ4n) is 3.76. The lowest BCUT2D eigenvalue weighted by Gasteiger charge is -2.11. The van der Waals surface area contributed by atoms with Crippen LogP contribution in [0.5, 0.6) is 0 Å². The van der Waals surface area contributed by atoms with Gasteiger partial charge >= 0.3 is 0 Å². The number of nitrogens with zero attached hydrogens (tertiary/aromatic N) is 4. The Morgan fingerprint density at radius 2 is 1.72 bits per heavy atom. The molecule has 0 aliphatic rings. The highest BCUT2D eigenvalue weighted by Crippen LogP contribution is 2.34. The highest BCUT2D eigenvalue weighted by Gasteiger charge is 2.19. The molecule has 4 aromatic rings. The van der Waals surface area contributed by atoms with Crippen molar-refractivity contribution in [3.8, 4) is 5.95 Å². The summed E-state index contributed by atoms with van der Waals surface area (Å²) in [7, 11) is 0. The third-order valence-electron chi connectivity index (χ3n) is 5.05. The average molecular weight is 378 g/mol. The maximum atomic E-state index is 4.78. The summed E-state index contributed by atoms with van der Waals surface area (Å²) in [6.45, 7) is 15.6. The lowest BCUT2D eigenvalue weighted by atomic mass is 10.1. The summed E-state index contributed by atoms with van der Waals surface area (Å²) >= 11 is 0. The molecule has 4 heteroatoms. The van der Waals surface area contributed by atoms with Crippen molar-refractivity contribution in [2.24, 2.45) is 0 Å². The van der Waals surface area contributed by atoms with Gasteiger partial charge in [0.25, 0.3) is 0 Å². The molecule has 0 aliphatic heterocycles. The molecule has 0 fully saturated rings. The Morgan fingerprint density at radius 1 is 0.931 bits per heavy atom. The van der Waals surface area contributed by atoms with Gasteiger partial charge in [-0.1, -0.05) is 80.4 Å². The maximum absolute atomic E-state index is 4.78. The van der Waals surface area contributed by atoms with E-state index in [9.17, 15) is 0 Å². The van der Waals surface area contributed by atoms with E-state index in [0.717, 1.165) is 33.1 Å². The normalized spacial score (nSPS) is 11.7. The number of hydrogen-bond acceptors (Lipinski definition) is 3. The lowest BCUT2D eigenvalue weighted by molar-refractivity contribution is 0.858. The summed E-state index contributed by atoms with van der Waals surface area (Å²) in [6.07, 6.45) is 7.17. The predicted molar refractivity (Wildman–Crippen MR) is 122 cm³/mol. The number of aromatic nitrogens is 4. The summed E-state index contributed by atoms with van der Waals surface area (Å²) in [5, 5.41) is 3.44. The van der Waals surface area contributed by atoms with Crippen molar-refractivity contribution in [3.05, 3.63) is 97.3 Å². The maximum Gasteiger partial charge on any atom is 0.238 e. The first-order valence-electron chi connectivity index (χ1n) is 9.42. The van der Waals surface area contributed by atoms with Crippen LogP contribution in [-0.4, -0.2) is 19.5 Å². The van der Waals surface area contributed by atoms with Crippen molar-refractivity contribution < 1.29 is 0 Å². The minimum absolute atomic E-state index is 0.573. The van der Waals surface area contributed by atoms with Crippen LogP contribution in [0.25, 0.3) is 39.3 Å². The summed E-state index contributed by atoms with van der Waals surface area (Å²) < 4.78 is 2.10. The molecule has 2 heterocycles. The number of benzene rings is 2. The van der Waals surface area contributed by atoms with Crippen molar-refractivity contribution in [2.45, 2.75) is 13.8 Å². The molecule has 0 aliphatic carbocycles. The van der Waals surface area contributed by atoms with E-state index in [2.05, 4.69) is 71.5 Å². The first kappa shape index (κ1) is 18.6. The molecule has 0 bridgehead atoms. The smallest absolute Gasteiger partial charge is 0.238 e. The quantitative estimate of drug-likeness (QED) is 0.401. The molecule has 142 valence electrons. The van der Waals surface area contributed by atoms with E-state index in [-0.39, 0.29) is 0 Å². The van der Waals surface area contributed by atoms with Gasteiger partial charge in [0.2, 0.25) is 5.95 Å². The minimum atomic E-state index is 0.573. The SMILES string of the molecule is C=C/C=C(\C=C)c1nc(C)nc(-n2c(C)c(C=C)c3ccc4ccccc4c32)n1. The molecule has 0 amide bonds. The Labute approximate surface area is 170 Å². The molecule has 0 N–H and O–H groups in total. The fourth-order valence-corrected chi connectivity index (χ4v) is 3.76. The molecule has 0 spiro atoms. The van der Waals surface area contributed by atoms with Crippen LogP contribution in [0.15, 0.2) is 74.4 Å². The topological polar surface area (TPSA) is 43.6 Å². The van der Waals surface area contributed by atoms with Crippen LogP contribution in [0.1, 0.15) is 22.9 Å². The molecule has 0 saturated heterocycles. The van der Waals surface area contributed by atoms with Gasteiger partial charge in [-0.15, -0.1) is 0 Å². The van der Waals surface area contributed by atoms with E-state index in [1.165, 1.54) is 5.39 Å². The average Bonchev–Trinajstić information content (AvgIpc) is 3.03. The number of hydrogen-bond donors (Lipinski definition) is 0. The molecule has 2 aromatic heterocycles. The zero-order valence-electron chi connectivity index (χ0n) is 16.7. The fraction of sp³-hybridized carbons (Fsp3) is 0.0800. The van der Waals surface area contributed by atoms with Gasteiger partial charge in [0, 0.05) is 27.6 Å². The van der Waals surface area contributed by atoms with Gasteiger partial charge in [0.15, 0.2) is 5.82 Å². The molecule has 2 aromatic carbocycles. The molecule has 29 heavy (non-hydrogen) atoms. The van der Waals surface area contributed by atoms with Gasteiger partial charge in [-0.2, -0.15) is 9.97 Å². The van der Waals surface area contributed by atoms with E-state index in [4.69, 9.17) is 4.98 Å². The van der Waals surface area contributed by atoms with Gasteiger partial charge in [-0.05, 0) is 19.2 Å². The molecule has 4 nitrogen and oxygen atoms in total. The van der Waals surface area contributed by atoms with Crippen molar-refractivity contribution >= 4 is 33.3 Å².